The van der Waals surface area contributed by atoms with Gasteiger partial charge in [0.05, 0.1) is 0 Å². The maximum absolute atomic E-state index is 11.4. The van der Waals surface area contributed by atoms with Gasteiger partial charge in [0.15, 0.2) is 0 Å². The third-order valence-corrected chi connectivity index (χ3v) is 3.09. The molecular weight excluding hydrogens is 200 g/mol. The van der Waals surface area contributed by atoms with Crippen molar-refractivity contribution in [3.63, 3.8) is 0 Å². The molecule has 0 aromatic heterocycles. The van der Waals surface area contributed by atoms with E-state index in [2.05, 4.69) is 24.4 Å². The minimum absolute atomic E-state index is 0.0687. The second-order valence-electron chi connectivity index (χ2n) is 4.87. The lowest BCUT2D eigenvalue weighted by Gasteiger charge is -2.18. The van der Waals surface area contributed by atoms with Crippen LogP contribution in [0.4, 0.5) is 0 Å². The van der Waals surface area contributed by atoms with Gasteiger partial charge in [0.1, 0.15) is 0 Å². The van der Waals surface area contributed by atoms with Crippen molar-refractivity contribution in [3.05, 3.63) is 0 Å². The van der Waals surface area contributed by atoms with Crippen LogP contribution in [0.5, 0.6) is 0 Å². The van der Waals surface area contributed by atoms with E-state index in [-0.39, 0.29) is 5.91 Å². The summed E-state index contributed by atoms with van der Waals surface area (Å²) in [6, 6.07) is 0. The van der Waals surface area contributed by atoms with E-state index in [4.69, 9.17) is 0 Å². The van der Waals surface area contributed by atoms with Gasteiger partial charge < -0.3 is 0 Å². The maximum atomic E-state index is 11.4. The number of unbranched alkanes of at least 4 members (excludes halogenated alkanes) is 2. The number of carbonyl (C=O) groups excluding carboxylic acids is 1. The summed E-state index contributed by atoms with van der Waals surface area (Å²) < 4.78 is 0. The fourth-order valence-corrected chi connectivity index (χ4v) is 2.10. The molecule has 1 amide bonds. The Morgan fingerprint density at radius 2 is 2.31 bits per heavy atom. The zero-order chi connectivity index (χ0) is 11.8. The van der Waals surface area contributed by atoms with Crippen LogP contribution in [0.15, 0.2) is 5.10 Å². The fraction of sp³-hybridized carbons (Fsp3) is 0.846. The molecule has 1 aliphatic carbocycles. The Morgan fingerprint density at radius 3 is 3.00 bits per heavy atom. The van der Waals surface area contributed by atoms with Gasteiger partial charge in [-0.25, -0.2) is 5.43 Å². The summed E-state index contributed by atoms with van der Waals surface area (Å²) in [5.74, 6) is 0.795. The fourth-order valence-electron chi connectivity index (χ4n) is 2.10. The lowest BCUT2D eigenvalue weighted by Crippen LogP contribution is -2.21. The van der Waals surface area contributed by atoms with E-state index < -0.39 is 0 Å². The molecule has 0 spiro atoms. The molecule has 3 heteroatoms. The van der Waals surface area contributed by atoms with E-state index in [1.54, 1.807) is 0 Å². The second kappa shape index (κ2) is 7.42. The Kier molecular flexibility index (Phi) is 6.12. The van der Waals surface area contributed by atoms with Gasteiger partial charge in [-0.2, -0.15) is 5.10 Å². The molecule has 16 heavy (non-hydrogen) atoms. The molecule has 0 aliphatic heterocycles. The highest BCUT2D eigenvalue weighted by molar-refractivity contribution is 5.87. The summed E-state index contributed by atoms with van der Waals surface area (Å²) >= 11 is 0. The van der Waals surface area contributed by atoms with Crippen LogP contribution in [0.2, 0.25) is 0 Å². The number of hydrogen-bond acceptors (Lipinski definition) is 2. The van der Waals surface area contributed by atoms with Crippen molar-refractivity contribution >= 4 is 11.6 Å². The number of rotatable bonds is 5. The van der Waals surface area contributed by atoms with Crippen molar-refractivity contribution < 1.29 is 4.79 Å². The van der Waals surface area contributed by atoms with Crippen LogP contribution in [0.25, 0.3) is 0 Å². The van der Waals surface area contributed by atoms with E-state index in [9.17, 15) is 4.79 Å². The number of nitrogens with zero attached hydrogens (tertiary/aromatic N) is 1. The monoisotopic (exact) mass is 224 g/mol. The van der Waals surface area contributed by atoms with Crippen LogP contribution in [0.3, 0.4) is 0 Å². The first-order valence-electron chi connectivity index (χ1n) is 6.56. The first kappa shape index (κ1) is 13.2. The molecule has 0 bridgehead atoms. The number of amides is 1. The molecule has 0 aromatic carbocycles. The molecule has 3 nitrogen and oxygen atoms in total. The summed E-state index contributed by atoms with van der Waals surface area (Å²) in [5, 5.41) is 4.23. The van der Waals surface area contributed by atoms with Gasteiger partial charge in [-0.05, 0) is 38.0 Å². The summed E-state index contributed by atoms with van der Waals surface area (Å²) in [7, 11) is 0. The van der Waals surface area contributed by atoms with Crippen LogP contribution in [-0.2, 0) is 4.79 Å². The average molecular weight is 224 g/mol. The highest BCUT2D eigenvalue weighted by Gasteiger charge is 2.14. The molecule has 0 saturated heterocycles. The van der Waals surface area contributed by atoms with E-state index >= 15 is 0 Å². The molecule has 1 unspecified atom stereocenters. The number of hydrogen-bond donors (Lipinski definition) is 1. The molecule has 1 N–H and O–H groups in total. The zero-order valence-electron chi connectivity index (χ0n) is 10.6. The first-order chi connectivity index (χ1) is 7.72. The number of hydrazone groups is 1. The maximum Gasteiger partial charge on any atom is 0.240 e. The molecule has 0 radical (unpaired) electrons. The van der Waals surface area contributed by atoms with Crippen molar-refractivity contribution in [3.8, 4) is 0 Å². The highest BCUT2D eigenvalue weighted by Crippen LogP contribution is 2.20. The Balaban J connectivity index is 2.21. The lowest BCUT2D eigenvalue weighted by molar-refractivity contribution is -0.121. The molecule has 1 aliphatic rings. The molecule has 0 aromatic rings. The quantitative estimate of drug-likeness (QED) is 0.565. The first-order valence-corrected chi connectivity index (χ1v) is 6.56. The normalized spacial score (nSPS) is 23.4. The Morgan fingerprint density at radius 1 is 1.50 bits per heavy atom. The van der Waals surface area contributed by atoms with E-state index in [1.807, 2.05) is 0 Å². The van der Waals surface area contributed by atoms with E-state index in [1.165, 1.54) is 18.6 Å². The van der Waals surface area contributed by atoms with Gasteiger partial charge in [0.2, 0.25) is 5.91 Å². The molecule has 1 fully saturated rings. The second-order valence-corrected chi connectivity index (χ2v) is 4.87. The smallest absolute Gasteiger partial charge is 0.240 e. The molecule has 1 rings (SSSR count). The lowest BCUT2D eigenvalue weighted by atomic mass is 9.89. The summed E-state index contributed by atoms with van der Waals surface area (Å²) in [6.45, 7) is 4.39. The molecular formula is C13H24N2O. The standard InChI is InChI=1S/C13H24N2O/c1-3-4-5-9-13(16)15-14-12-8-6-7-11(2)10-12/h11H,3-10H2,1-2H3,(H,15,16). The van der Waals surface area contributed by atoms with Crippen molar-refractivity contribution in [2.45, 2.75) is 65.2 Å². The van der Waals surface area contributed by atoms with Crippen molar-refractivity contribution in [1.29, 1.82) is 0 Å². The van der Waals surface area contributed by atoms with E-state index in [0.717, 1.165) is 38.0 Å². The van der Waals surface area contributed by atoms with Crippen molar-refractivity contribution in [2.24, 2.45) is 11.0 Å². The summed E-state index contributed by atoms with van der Waals surface area (Å²) in [5.41, 5.74) is 3.85. The largest absolute Gasteiger partial charge is 0.273 e. The van der Waals surface area contributed by atoms with Gasteiger partial charge in [0.25, 0.3) is 0 Å². The summed E-state index contributed by atoms with van der Waals surface area (Å²) in [4.78, 5) is 11.4. The highest BCUT2D eigenvalue weighted by atomic mass is 16.2. The molecule has 92 valence electrons. The average Bonchev–Trinajstić information content (AvgIpc) is 2.27. The zero-order valence-corrected chi connectivity index (χ0v) is 10.6. The predicted octanol–water partition coefficient (Wildman–Crippen LogP) is 3.25. The molecule has 1 atom stereocenters. The van der Waals surface area contributed by atoms with Crippen LogP contribution in [0, 0.1) is 5.92 Å². The summed E-state index contributed by atoms with van der Waals surface area (Å²) in [6.07, 6.45) is 8.48. The van der Waals surface area contributed by atoms with Gasteiger partial charge in [-0.3, -0.25) is 4.79 Å². The molecule has 0 heterocycles. The third-order valence-electron chi connectivity index (χ3n) is 3.09. The van der Waals surface area contributed by atoms with E-state index in [0.29, 0.717) is 6.42 Å². The Labute approximate surface area is 98.7 Å². The SMILES string of the molecule is CCCCCC(=O)NN=C1CCCC(C)C1. The van der Waals surface area contributed by atoms with Gasteiger partial charge in [0, 0.05) is 12.1 Å². The van der Waals surface area contributed by atoms with Gasteiger partial charge in [-0.1, -0.05) is 26.7 Å². The van der Waals surface area contributed by atoms with Crippen LogP contribution >= 0.6 is 0 Å². The van der Waals surface area contributed by atoms with Crippen molar-refractivity contribution in [1.82, 2.24) is 5.43 Å². The van der Waals surface area contributed by atoms with Gasteiger partial charge >= 0.3 is 0 Å². The van der Waals surface area contributed by atoms with Crippen LogP contribution in [-0.4, -0.2) is 11.6 Å². The molecule has 1 saturated carbocycles. The van der Waals surface area contributed by atoms with Crippen LogP contribution in [0.1, 0.15) is 65.2 Å². The van der Waals surface area contributed by atoms with Gasteiger partial charge in [-0.15, -0.1) is 0 Å². The van der Waals surface area contributed by atoms with Crippen molar-refractivity contribution in [2.75, 3.05) is 0 Å². The topological polar surface area (TPSA) is 41.5 Å². The predicted molar refractivity (Wildman–Crippen MR) is 67.4 cm³/mol. The minimum atomic E-state index is 0.0687. The Bertz CT molecular complexity index is 248. The minimum Gasteiger partial charge on any atom is -0.273 e. The Hall–Kier alpha value is -0.860. The third kappa shape index (κ3) is 5.29. The number of nitrogens with one attached hydrogen (secondary N) is 1. The van der Waals surface area contributed by atoms with Crippen LogP contribution < -0.4 is 5.43 Å². The number of carbonyl (C=O) groups is 1.